The van der Waals surface area contributed by atoms with Crippen molar-refractivity contribution < 1.29 is 9.90 Å². The lowest BCUT2D eigenvalue weighted by molar-refractivity contribution is -0.141. The molecule has 0 aliphatic carbocycles. The molecule has 1 heterocycles. The van der Waals surface area contributed by atoms with Crippen molar-refractivity contribution in [3.63, 3.8) is 0 Å². The molecule has 0 aliphatic rings. The summed E-state index contributed by atoms with van der Waals surface area (Å²) in [6.07, 6.45) is 0.438. The zero-order chi connectivity index (χ0) is 11.7. The zero-order valence-electron chi connectivity index (χ0n) is 8.70. The third-order valence-electron chi connectivity index (χ3n) is 2.53. The number of aromatic nitrogens is 2. The minimum absolute atomic E-state index is 0.431. The second-order valence-electron chi connectivity index (χ2n) is 3.81. The molecule has 0 fully saturated rings. The molecule has 84 valence electrons. The summed E-state index contributed by atoms with van der Waals surface area (Å²) in [5.41, 5.74) is 1.60. The Balaban J connectivity index is 2.35. The number of H-pyrrole nitrogens is 1. The average molecular weight is 239 g/mol. The molecular formula is C11H11ClN2O2. The molecule has 0 saturated carbocycles. The van der Waals surface area contributed by atoms with E-state index in [1.807, 2.05) is 6.07 Å². The van der Waals surface area contributed by atoms with Crippen LogP contribution in [0.5, 0.6) is 0 Å². The van der Waals surface area contributed by atoms with Crippen molar-refractivity contribution in [3.8, 4) is 0 Å². The topological polar surface area (TPSA) is 66.0 Å². The summed E-state index contributed by atoms with van der Waals surface area (Å²) in [5, 5.41) is 17.3. The largest absolute Gasteiger partial charge is 0.481 e. The van der Waals surface area contributed by atoms with Crippen LogP contribution in [0, 0.1) is 5.92 Å². The molecule has 0 amide bonds. The van der Waals surface area contributed by atoms with Gasteiger partial charge in [-0.2, -0.15) is 5.10 Å². The molecule has 1 aromatic heterocycles. The number of carboxylic acids is 1. The second kappa shape index (κ2) is 4.14. The highest BCUT2D eigenvalue weighted by Gasteiger charge is 2.15. The molecule has 2 N–H and O–H groups in total. The van der Waals surface area contributed by atoms with Gasteiger partial charge in [0, 0.05) is 22.5 Å². The monoisotopic (exact) mass is 238 g/mol. The number of aliphatic carboxylic acids is 1. The summed E-state index contributed by atoms with van der Waals surface area (Å²) < 4.78 is 0. The molecule has 0 spiro atoms. The first-order valence-electron chi connectivity index (χ1n) is 4.93. The van der Waals surface area contributed by atoms with Crippen LogP contribution < -0.4 is 0 Å². The van der Waals surface area contributed by atoms with E-state index < -0.39 is 11.9 Å². The molecule has 0 aliphatic heterocycles. The Kier molecular flexibility index (Phi) is 2.83. The van der Waals surface area contributed by atoms with Crippen LogP contribution in [0.4, 0.5) is 0 Å². The first-order valence-corrected chi connectivity index (χ1v) is 5.31. The third kappa shape index (κ3) is 2.02. The molecule has 16 heavy (non-hydrogen) atoms. The number of hydrogen-bond acceptors (Lipinski definition) is 2. The summed E-state index contributed by atoms with van der Waals surface area (Å²) in [7, 11) is 0. The number of carbonyl (C=O) groups is 1. The van der Waals surface area contributed by atoms with Crippen molar-refractivity contribution in [2.75, 3.05) is 0 Å². The fraction of sp³-hybridized carbons (Fsp3) is 0.273. The van der Waals surface area contributed by atoms with E-state index in [2.05, 4.69) is 10.2 Å². The second-order valence-corrected chi connectivity index (χ2v) is 4.24. The third-order valence-corrected chi connectivity index (χ3v) is 2.76. The molecule has 1 atom stereocenters. The first kappa shape index (κ1) is 11.0. The van der Waals surface area contributed by atoms with Crippen molar-refractivity contribution in [2.45, 2.75) is 13.3 Å². The van der Waals surface area contributed by atoms with Crippen molar-refractivity contribution in [2.24, 2.45) is 5.92 Å². The van der Waals surface area contributed by atoms with E-state index in [1.165, 1.54) is 0 Å². The van der Waals surface area contributed by atoms with Gasteiger partial charge in [-0.05, 0) is 18.2 Å². The number of rotatable bonds is 3. The van der Waals surface area contributed by atoms with Crippen LogP contribution in [0.3, 0.4) is 0 Å². The zero-order valence-corrected chi connectivity index (χ0v) is 9.45. The number of benzene rings is 1. The average Bonchev–Trinajstić information content (AvgIpc) is 2.60. The number of fused-ring (bicyclic) bond motifs is 1. The van der Waals surface area contributed by atoms with Gasteiger partial charge in [0.25, 0.3) is 0 Å². The molecule has 0 saturated heterocycles. The van der Waals surface area contributed by atoms with E-state index in [4.69, 9.17) is 16.7 Å². The van der Waals surface area contributed by atoms with E-state index in [1.54, 1.807) is 19.1 Å². The van der Waals surface area contributed by atoms with Gasteiger partial charge in [-0.3, -0.25) is 9.89 Å². The first-order chi connectivity index (χ1) is 7.58. The van der Waals surface area contributed by atoms with Crippen molar-refractivity contribution in [1.82, 2.24) is 10.2 Å². The molecule has 4 nitrogen and oxygen atoms in total. The van der Waals surface area contributed by atoms with Gasteiger partial charge in [0.1, 0.15) is 0 Å². The maximum Gasteiger partial charge on any atom is 0.306 e. The van der Waals surface area contributed by atoms with Gasteiger partial charge >= 0.3 is 5.97 Å². The standard InChI is InChI=1S/C11H11ClN2O2/c1-6(11(15)16)4-9-8-3-2-7(12)5-10(8)14-13-9/h2-3,5-6H,4H2,1H3,(H,13,14)(H,15,16). The molecule has 0 radical (unpaired) electrons. The SMILES string of the molecule is CC(Cc1[nH]nc2cc(Cl)ccc12)C(=O)O. The molecule has 5 heteroatoms. The van der Waals surface area contributed by atoms with Gasteiger partial charge in [0.15, 0.2) is 0 Å². The van der Waals surface area contributed by atoms with E-state index in [-0.39, 0.29) is 0 Å². The predicted molar refractivity (Wildman–Crippen MR) is 61.6 cm³/mol. The lowest BCUT2D eigenvalue weighted by Gasteiger charge is -2.03. The van der Waals surface area contributed by atoms with Gasteiger partial charge < -0.3 is 5.11 Å². The van der Waals surface area contributed by atoms with Crippen LogP contribution in [0.25, 0.3) is 10.9 Å². The van der Waals surface area contributed by atoms with Crippen LogP contribution in [-0.4, -0.2) is 21.3 Å². The van der Waals surface area contributed by atoms with Crippen LogP contribution in [0.1, 0.15) is 12.6 Å². The molecule has 2 rings (SSSR count). The Hall–Kier alpha value is -1.55. The maximum atomic E-state index is 10.8. The lowest BCUT2D eigenvalue weighted by atomic mass is 10.0. The van der Waals surface area contributed by atoms with Gasteiger partial charge in [-0.25, -0.2) is 0 Å². The normalized spacial score (nSPS) is 12.9. The Morgan fingerprint density at radius 2 is 2.38 bits per heavy atom. The summed E-state index contributed by atoms with van der Waals surface area (Å²) in [6.45, 7) is 1.67. The number of hydrogen-bond donors (Lipinski definition) is 2. The Morgan fingerprint density at radius 1 is 1.62 bits per heavy atom. The summed E-state index contributed by atoms with van der Waals surface area (Å²) in [4.78, 5) is 10.8. The highest BCUT2D eigenvalue weighted by molar-refractivity contribution is 6.31. The fourth-order valence-corrected chi connectivity index (χ4v) is 1.76. The molecule has 2 aromatic rings. The van der Waals surface area contributed by atoms with Gasteiger partial charge in [0.05, 0.1) is 11.4 Å². The van der Waals surface area contributed by atoms with Crippen molar-refractivity contribution >= 4 is 28.5 Å². The quantitative estimate of drug-likeness (QED) is 0.863. The number of halogens is 1. The van der Waals surface area contributed by atoms with Crippen LogP contribution in [0.15, 0.2) is 18.2 Å². The van der Waals surface area contributed by atoms with Gasteiger partial charge in [0.2, 0.25) is 0 Å². The van der Waals surface area contributed by atoms with Crippen molar-refractivity contribution in [3.05, 3.63) is 28.9 Å². The molecule has 1 unspecified atom stereocenters. The van der Waals surface area contributed by atoms with Crippen LogP contribution in [0.2, 0.25) is 5.02 Å². The van der Waals surface area contributed by atoms with Crippen LogP contribution >= 0.6 is 11.6 Å². The smallest absolute Gasteiger partial charge is 0.306 e. The van der Waals surface area contributed by atoms with E-state index in [0.29, 0.717) is 11.4 Å². The summed E-state index contributed by atoms with van der Waals surface area (Å²) in [5.74, 6) is -1.24. The molecular weight excluding hydrogens is 228 g/mol. The Bertz CT molecular complexity index is 536. The number of nitrogens with one attached hydrogen (secondary N) is 1. The Morgan fingerprint density at radius 3 is 3.06 bits per heavy atom. The van der Waals surface area contributed by atoms with Gasteiger partial charge in [-0.1, -0.05) is 18.5 Å². The van der Waals surface area contributed by atoms with E-state index in [9.17, 15) is 4.79 Å². The summed E-state index contributed by atoms with van der Waals surface area (Å²) in [6, 6.07) is 5.38. The predicted octanol–water partition coefficient (Wildman–Crippen LogP) is 2.48. The van der Waals surface area contributed by atoms with Crippen LogP contribution in [-0.2, 0) is 11.2 Å². The number of nitrogens with zero attached hydrogens (tertiary/aromatic N) is 1. The Labute approximate surface area is 97.2 Å². The molecule has 0 bridgehead atoms. The van der Waals surface area contributed by atoms with Crippen molar-refractivity contribution in [1.29, 1.82) is 0 Å². The lowest BCUT2D eigenvalue weighted by Crippen LogP contribution is -2.12. The number of aromatic amines is 1. The fourth-order valence-electron chi connectivity index (χ4n) is 1.59. The number of carboxylic acid groups (broad SMARTS) is 1. The minimum Gasteiger partial charge on any atom is -0.481 e. The maximum absolute atomic E-state index is 10.8. The van der Waals surface area contributed by atoms with Gasteiger partial charge in [-0.15, -0.1) is 0 Å². The summed E-state index contributed by atoms with van der Waals surface area (Å²) >= 11 is 5.84. The van der Waals surface area contributed by atoms with E-state index in [0.717, 1.165) is 16.6 Å². The van der Waals surface area contributed by atoms with E-state index >= 15 is 0 Å². The minimum atomic E-state index is -0.809. The molecule has 1 aromatic carbocycles. The highest BCUT2D eigenvalue weighted by Crippen LogP contribution is 2.22. The highest BCUT2D eigenvalue weighted by atomic mass is 35.5.